The first-order chi connectivity index (χ1) is 41.0. The van der Waals surface area contributed by atoms with E-state index in [0.717, 1.165) is 96.3 Å². The van der Waals surface area contributed by atoms with Gasteiger partial charge >= 0.3 is 11.9 Å². The number of nitrogens with zero attached hydrogens (tertiary/aromatic N) is 1. The zero-order chi connectivity index (χ0) is 61.2. The van der Waals surface area contributed by atoms with Crippen molar-refractivity contribution in [3.8, 4) is 0 Å². The van der Waals surface area contributed by atoms with E-state index in [4.69, 9.17) is 18.5 Å². The van der Waals surface area contributed by atoms with Crippen LogP contribution in [0.1, 0.15) is 296 Å². The van der Waals surface area contributed by atoms with E-state index in [2.05, 4.69) is 123 Å². The van der Waals surface area contributed by atoms with Gasteiger partial charge in [0.1, 0.15) is 19.8 Å². The Hall–Kier alpha value is -3.33. The Bertz CT molecular complexity index is 1790. The van der Waals surface area contributed by atoms with E-state index in [-0.39, 0.29) is 32.0 Å². The van der Waals surface area contributed by atoms with Crippen LogP contribution in [0, 0.1) is 0 Å². The minimum absolute atomic E-state index is 0.0336. The maximum atomic E-state index is 12.9. The quantitative estimate of drug-likeness (QED) is 0.0195. The second-order valence-electron chi connectivity index (χ2n) is 24.1. The number of phosphoric acid groups is 1. The minimum atomic E-state index is -4.65. The van der Waals surface area contributed by atoms with Gasteiger partial charge < -0.3 is 27.9 Å². The highest BCUT2D eigenvalue weighted by molar-refractivity contribution is 7.45. The molecule has 0 heterocycles. The van der Waals surface area contributed by atoms with E-state index >= 15 is 0 Å². The number of hydrogen-bond acceptors (Lipinski definition) is 8. The fourth-order valence-corrected chi connectivity index (χ4v) is 10.3. The van der Waals surface area contributed by atoms with Crippen LogP contribution in [-0.2, 0) is 32.7 Å². The molecule has 2 unspecified atom stereocenters. The summed E-state index contributed by atoms with van der Waals surface area (Å²) in [6.07, 6.45) is 90.2. The molecule has 10 heteroatoms. The summed E-state index contributed by atoms with van der Waals surface area (Å²) in [5.74, 6) is -0.829. The van der Waals surface area contributed by atoms with Crippen molar-refractivity contribution in [1.82, 2.24) is 0 Å². The molecule has 0 spiro atoms. The molecule has 0 aromatic carbocycles. The van der Waals surface area contributed by atoms with Crippen LogP contribution in [0.15, 0.2) is 109 Å². The first kappa shape index (κ1) is 80.7. The van der Waals surface area contributed by atoms with Crippen molar-refractivity contribution in [1.29, 1.82) is 0 Å². The average Bonchev–Trinajstić information content (AvgIpc) is 3.61. The largest absolute Gasteiger partial charge is 0.756 e. The standard InChI is InChI=1S/C74H130NO8P/c1-6-8-10-12-14-16-18-20-22-24-26-28-30-32-33-34-35-36-37-38-39-40-41-43-45-47-49-51-53-55-57-59-61-63-65-67-74(77)83-72(71-82-84(78,79)81-69-68-75(3,4)5)70-80-73(76)66-64-62-60-58-56-54-52-50-48-46-44-42-31-29-27-25-23-21-19-17-15-13-11-9-7-2/h8-11,14-17,20-23,26-29,32-33,72H,6-7,12-13,18-19,24-25,30-31,34-71H2,1-5H3/b10-8-,11-9-,16-14-,17-15-,22-20-,23-21-,28-26-,29-27-,33-32-. The monoisotopic (exact) mass is 1190 g/mol. The fraction of sp³-hybridized carbons (Fsp3) is 0.730. The van der Waals surface area contributed by atoms with Crippen molar-refractivity contribution in [2.24, 2.45) is 0 Å². The zero-order valence-electron chi connectivity index (χ0n) is 55.1. The molecular formula is C74H130NO8P. The summed E-state index contributed by atoms with van der Waals surface area (Å²) >= 11 is 0. The number of quaternary nitrogens is 1. The molecule has 0 radical (unpaired) electrons. The lowest BCUT2D eigenvalue weighted by molar-refractivity contribution is -0.870. The Balaban J connectivity index is 4.03. The summed E-state index contributed by atoms with van der Waals surface area (Å²) in [4.78, 5) is 38.1. The molecule has 2 atom stereocenters. The van der Waals surface area contributed by atoms with Gasteiger partial charge in [0.2, 0.25) is 0 Å². The average molecular weight is 1190 g/mol. The molecule has 84 heavy (non-hydrogen) atoms. The summed E-state index contributed by atoms with van der Waals surface area (Å²) < 4.78 is 34.3. The molecule has 0 aromatic rings. The topological polar surface area (TPSA) is 111 Å². The Kier molecular flexibility index (Phi) is 61.6. The first-order valence-electron chi connectivity index (χ1n) is 34.6. The predicted octanol–water partition coefficient (Wildman–Crippen LogP) is 21.9. The lowest BCUT2D eigenvalue weighted by Gasteiger charge is -2.28. The van der Waals surface area contributed by atoms with Gasteiger partial charge in [0.25, 0.3) is 7.82 Å². The van der Waals surface area contributed by atoms with Gasteiger partial charge in [-0.1, -0.05) is 297 Å². The molecule has 0 saturated carbocycles. The number of phosphoric ester groups is 1. The Morgan fingerprint density at radius 2 is 0.643 bits per heavy atom. The number of rotatable bonds is 63. The molecule has 0 aliphatic heterocycles. The fourth-order valence-electron chi connectivity index (χ4n) is 9.56. The number of carbonyl (C=O) groups is 2. The van der Waals surface area contributed by atoms with Crippen molar-refractivity contribution in [2.45, 2.75) is 302 Å². The molecule has 0 rings (SSSR count). The van der Waals surface area contributed by atoms with Crippen molar-refractivity contribution in [3.63, 3.8) is 0 Å². The highest BCUT2D eigenvalue weighted by atomic mass is 31.2. The van der Waals surface area contributed by atoms with Crippen LogP contribution in [0.5, 0.6) is 0 Å². The van der Waals surface area contributed by atoms with Gasteiger partial charge in [0, 0.05) is 12.8 Å². The molecule has 0 aliphatic carbocycles. The smallest absolute Gasteiger partial charge is 0.306 e. The van der Waals surface area contributed by atoms with Gasteiger partial charge in [-0.2, -0.15) is 0 Å². The van der Waals surface area contributed by atoms with Crippen molar-refractivity contribution >= 4 is 19.8 Å². The number of allylic oxidation sites excluding steroid dienone is 18. The zero-order valence-corrected chi connectivity index (χ0v) is 56.0. The first-order valence-corrected chi connectivity index (χ1v) is 36.1. The van der Waals surface area contributed by atoms with Crippen LogP contribution in [-0.4, -0.2) is 70.0 Å². The number of unbranched alkanes of at least 4 members (excludes halogenated alkanes) is 31. The van der Waals surface area contributed by atoms with E-state index < -0.39 is 26.5 Å². The lowest BCUT2D eigenvalue weighted by Crippen LogP contribution is -2.37. The molecule has 0 aromatic heterocycles. The van der Waals surface area contributed by atoms with Gasteiger partial charge in [0.05, 0.1) is 27.7 Å². The van der Waals surface area contributed by atoms with Crippen molar-refractivity contribution in [3.05, 3.63) is 109 Å². The summed E-state index contributed by atoms with van der Waals surface area (Å²) in [6, 6.07) is 0. The molecule has 9 nitrogen and oxygen atoms in total. The predicted molar refractivity (Wildman–Crippen MR) is 360 cm³/mol. The van der Waals surface area contributed by atoms with Crippen LogP contribution in [0.25, 0.3) is 0 Å². The second kappa shape index (κ2) is 64.2. The molecule has 0 fully saturated rings. The van der Waals surface area contributed by atoms with E-state index in [1.165, 1.54) is 167 Å². The molecule has 0 amide bonds. The molecule has 0 bridgehead atoms. The molecule has 0 N–H and O–H groups in total. The summed E-state index contributed by atoms with van der Waals surface area (Å²) in [7, 11) is 1.17. The summed E-state index contributed by atoms with van der Waals surface area (Å²) in [5.41, 5.74) is 0. The molecule has 484 valence electrons. The lowest BCUT2D eigenvalue weighted by atomic mass is 10.0. The SMILES string of the molecule is CC/C=C\C/C=C\C/C=C\C/C=C\C/C=C\CCCCCCCCCCCCCCCCCCCCCC(=O)OC(COC(=O)CCCCCCCCCCCCCC/C=C\C/C=C\C/C=C\C/C=C\CC)COP(=O)([O-])OCC[N+](C)(C)C. The second-order valence-corrected chi connectivity index (χ2v) is 25.5. The number of carbonyl (C=O) groups excluding carboxylic acids is 2. The minimum Gasteiger partial charge on any atom is -0.756 e. The van der Waals surface area contributed by atoms with Gasteiger partial charge in [-0.05, 0) is 96.3 Å². The van der Waals surface area contributed by atoms with Crippen LogP contribution in [0.4, 0.5) is 0 Å². The summed E-state index contributed by atoms with van der Waals surface area (Å²) in [5, 5.41) is 0. The Morgan fingerprint density at radius 1 is 0.369 bits per heavy atom. The Morgan fingerprint density at radius 3 is 0.952 bits per heavy atom. The molecule has 0 saturated heterocycles. The van der Waals surface area contributed by atoms with E-state index in [1.54, 1.807) is 0 Å². The van der Waals surface area contributed by atoms with Gasteiger partial charge in [-0.3, -0.25) is 14.2 Å². The van der Waals surface area contributed by atoms with Gasteiger partial charge in [-0.25, -0.2) is 0 Å². The molecule has 0 aliphatic rings. The van der Waals surface area contributed by atoms with Crippen LogP contribution in [0.3, 0.4) is 0 Å². The molecular weight excluding hydrogens is 1060 g/mol. The highest BCUT2D eigenvalue weighted by Gasteiger charge is 2.22. The number of esters is 2. The van der Waals surface area contributed by atoms with Crippen LogP contribution >= 0.6 is 7.82 Å². The van der Waals surface area contributed by atoms with Gasteiger partial charge in [0.15, 0.2) is 6.10 Å². The highest BCUT2D eigenvalue weighted by Crippen LogP contribution is 2.38. The summed E-state index contributed by atoms with van der Waals surface area (Å²) in [6.45, 7) is 4.04. The number of ether oxygens (including phenoxy) is 2. The van der Waals surface area contributed by atoms with E-state index in [0.29, 0.717) is 17.4 Å². The van der Waals surface area contributed by atoms with Crippen molar-refractivity contribution < 1.29 is 42.1 Å². The third-order valence-electron chi connectivity index (χ3n) is 14.8. The van der Waals surface area contributed by atoms with E-state index in [9.17, 15) is 19.0 Å². The Labute approximate surface area is 518 Å². The third kappa shape index (κ3) is 67.8. The third-order valence-corrected chi connectivity index (χ3v) is 15.8. The maximum Gasteiger partial charge on any atom is 0.306 e. The van der Waals surface area contributed by atoms with Gasteiger partial charge in [-0.15, -0.1) is 0 Å². The van der Waals surface area contributed by atoms with Crippen LogP contribution in [0.2, 0.25) is 0 Å². The van der Waals surface area contributed by atoms with Crippen LogP contribution < -0.4 is 4.89 Å². The normalized spacial score (nSPS) is 13.8. The van der Waals surface area contributed by atoms with E-state index in [1.807, 2.05) is 21.1 Å². The number of hydrogen-bond donors (Lipinski definition) is 0. The maximum absolute atomic E-state index is 12.9. The number of likely N-dealkylation sites (N-methyl/N-ethyl adjacent to an activating group) is 1. The van der Waals surface area contributed by atoms with Crippen molar-refractivity contribution in [2.75, 3.05) is 47.5 Å².